The van der Waals surface area contributed by atoms with Crippen LogP contribution in [0.25, 0.3) is 0 Å². The molecule has 0 saturated carbocycles. The van der Waals surface area contributed by atoms with Crippen molar-refractivity contribution in [1.29, 1.82) is 0 Å². The molecule has 0 unspecified atom stereocenters. The maximum absolute atomic E-state index is 9.31. The number of halogens is 1. The SMILES string of the molecule is Oc1ccc(/C=N/Nc2ccccc2Cl)cc1O. The number of nitrogens with one attached hydrogen (secondary N) is 1. The van der Waals surface area contributed by atoms with Gasteiger partial charge in [-0.2, -0.15) is 5.10 Å². The Balaban J connectivity index is 2.08. The van der Waals surface area contributed by atoms with Crippen molar-refractivity contribution in [3.8, 4) is 11.5 Å². The van der Waals surface area contributed by atoms with E-state index in [0.717, 1.165) is 0 Å². The highest BCUT2D eigenvalue weighted by Gasteiger charge is 1.98. The molecule has 5 heteroatoms. The molecule has 4 nitrogen and oxygen atoms in total. The van der Waals surface area contributed by atoms with Crippen LogP contribution in [0.4, 0.5) is 5.69 Å². The number of hydrazone groups is 1. The average molecular weight is 263 g/mol. The largest absolute Gasteiger partial charge is 0.504 e. The predicted molar refractivity (Wildman–Crippen MR) is 72.4 cm³/mol. The van der Waals surface area contributed by atoms with Crippen LogP contribution in [0.2, 0.25) is 5.02 Å². The number of phenolic OH excluding ortho intramolecular Hbond substituents is 2. The number of hydrogen-bond donors (Lipinski definition) is 3. The molecule has 0 fully saturated rings. The summed E-state index contributed by atoms with van der Waals surface area (Å²) in [4.78, 5) is 0. The van der Waals surface area contributed by atoms with Gasteiger partial charge in [-0.3, -0.25) is 5.43 Å². The average Bonchev–Trinajstić information content (AvgIpc) is 2.36. The minimum atomic E-state index is -0.184. The molecule has 0 saturated heterocycles. The van der Waals surface area contributed by atoms with Crippen molar-refractivity contribution in [2.24, 2.45) is 5.10 Å². The Morgan fingerprint density at radius 1 is 1.06 bits per heavy atom. The Kier molecular flexibility index (Phi) is 3.69. The number of phenols is 2. The lowest BCUT2D eigenvalue weighted by Crippen LogP contribution is -1.91. The summed E-state index contributed by atoms with van der Waals surface area (Å²) in [6, 6.07) is 11.7. The van der Waals surface area contributed by atoms with Gasteiger partial charge in [-0.1, -0.05) is 23.7 Å². The van der Waals surface area contributed by atoms with Crippen molar-refractivity contribution in [2.75, 3.05) is 5.43 Å². The maximum atomic E-state index is 9.31. The van der Waals surface area contributed by atoms with E-state index in [9.17, 15) is 5.11 Å². The number of nitrogens with zero attached hydrogens (tertiary/aromatic N) is 1. The number of hydrogen-bond acceptors (Lipinski definition) is 4. The minimum absolute atomic E-state index is 0.161. The lowest BCUT2D eigenvalue weighted by Gasteiger charge is -2.02. The van der Waals surface area contributed by atoms with Crippen LogP contribution in [-0.4, -0.2) is 16.4 Å². The lowest BCUT2D eigenvalue weighted by molar-refractivity contribution is 0.403. The first-order chi connectivity index (χ1) is 8.66. The molecule has 2 aromatic carbocycles. The fourth-order valence-electron chi connectivity index (χ4n) is 1.35. The summed E-state index contributed by atoms with van der Waals surface area (Å²) < 4.78 is 0. The van der Waals surface area contributed by atoms with E-state index in [0.29, 0.717) is 16.3 Å². The number of anilines is 1. The van der Waals surface area contributed by atoms with Gasteiger partial charge in [-0.05, 0) is 35.9 Å². The molecule has 0 atom stereocenters. The Bertz CT molecular complexity index is 585. The van der Waals surface area contributed by atoms with E-state index in [4.69, 9.17) is 16.7 Å². The summed E-state index contributed by atoms with van der Waals surface area (Å²) >= 11 is 5.94. The zero-order chi connectivity index (χ0) is 13.0. The second-order valence-corrected chi connectivity index (χ2v) is 4.01. The highest BCUT2D eigenvalue weighted by molar-refractivity contribution is 6.33. The molecule has 0 heterocycles. The van der Waals surface area contributed by atoms with Crippen LogP contribution in [0.5, 0.6) is 11.5 Å². The smallest absolute Gasteiger partial charge is 0.158 e. The van der Waals surface area contributed by atoms with Gasteiger partial charge in [-0.15, -0.1) is 0 Å². The van der Waals surface area contributed by atoms with Crippen LogP contribution in [-0.2, 0) is 0 Å². The zero-order valence-electron chi connectivity index (χ0n) is 9.34. The van der Waals surface area contributed by atoms with E-state index < -0.39 is 0 Å². The second kappa shape index (κ2) is 5.42. The molecule has 0 bridgehead atoms. The van der Waals surface area contributed by atoms with Gasteiger partial charge in [0.2, 0.25) is 0 Å². The molecule has 0 radical (unpaired) electrons. The third kappa shape index (κ3) is 2.93. The van der Waals surface area contributed by atoms with Gasteiger partial charge >= 0.3 is 0 Å². The zero-order valence-corrected chi connectivity index (χ0v) is 10.1. The third-order valence-electron chi connectivity index (χ3n) is 2.27. The van der Waals surface area contributed by atoms with Crippen LogP contribution in [0.3, 0.4) is 0 Å². The molecule has 2 aromatic rings. The Morgan fingerprint density at radius 3 is 2.56 bits per heavy atom. The Morgan fingerprint density at radius 2 is 1.83 bits per heavy atom. The van der Waals surface area contributed by atoms with Crippen molar-refractivity contribution < 1.29 is 10.2 Å². The first-order valence-corrected chi connectivity index (χ1v) is 5.60. The molecule has 0 aliphatic rings. The molecule has 0 aliphatic heterocycles. The summed E-state index contributed by atoms with van der Waals surface area (Å²) in [5, 5.41) is 23.0. The Labute approximate surface area is 109 Å². The van der Waals surface area contributed by atoms with Crippen molar-refractivity contribution in [1.82, 2.24) is 0 Å². The molecule has 0 aromatic heterocycles. The van der Waals surface area contributed by atoms with Gasteiger partial charge in [0.1, 0.15) is 0 Å². The summed E-state index contributed by atoms with van der Waals surface area (Å²) in [6.45, 7) is 0. The van der Waals surface area contributed by atoms with Gasteiger partial charge in [-0.25, -0.2) is 0 Å². The van der Waals surface area contributed by atoms with Gasteiger partial charge in [0.05, 0.1) is 16.9 Å². The van der Waals surface area contributed by atoms with Crippen LogP contribution in [0.1, 0.15) is 5.56 Å². The molecule has 2 rings (SSSR count). The number of benzene rings is 2. The van der Waals surface area contributed by atoms with Gasteiger partial charge in [0.15, 0.2) is 11.5 Å². The van der Waals surface area contributed by atoms with Crippen molar-refractivity contribution in [3.05, 3.63) is 53.1 Å². The van der Waals surface area contributed by atoms with E-state index >= 15 is 0 Å². The molecule has 0 spiro atoms. The predicted octanol–water partition coefficient (Wildman–Crippen LogP) is 3.20. The maximum Gasteiger partial charge on any atom is 0.158 e. The quantitative estimate of drug-likeness (QED) is 0.452. The van der Waals surface area contributed by atoms with Gasteiger partial charge < -0.3 is 10.2 Å². The van der Waals surface area contributed by atoms with E-state index in [1.165, 1.54) is 18.3 Å². The van der Waals surface area contributed by atoms with E-state index in [1.54, 1.807) is 18.2 Å². The molecular weight excluding hydrogens is 252 g/mol. The fourth-order valence-corrected chi connectivity index (χ4v) is 1.53. The van der Waals surface area contributed by atoms with Gasteiger partial charge in [0.25, 0.3) is 0 Å². The normalized spacial score (nSPS) is 10.7. The van der Waals surface area contributed by atoms with Crippen LogP contribution in [0.15, 0.2) is 47.6 Å². The first kappa shape index (κ1) is 12.3. The minimum Gasteiger partial charge on any atom is -0.504 e. The fraction of sp³-hybridized carbons (Fsp3) is 0. The Hall–Kier alpha value is -2.20. The summed E-state index contributed by atoms with van der Waals surface area (Å²) in [5.41, 5.74) is 4.14. The van der Waals surface area contributed by atoms with E-state index in [1.807, 2.05) is 12.1 Å². The first-order valence-electron chi connectivity index (χ1n) is 5.22. The van der Waals surface area contributed by atoms with E-state index in [-0.39, 0.29) is 11.5 Å². The molecule has 0 amide bonds. The van der Waals surface area contributed by atoms with E-state index in [2.05, 4.69) is 10.5 Å². The van der Waals surface area contributed by atoms with Gasteiger partial charge in [0, 0.05) is 0 Å². The number of rotatable bonds is 3. The summed E-state index contributed by atoms with van der Waals surface area (Å²) in [7, 11) is 0. The molecular formula is C13H11ClN2O2. The highest BCUT2D eigenvalue weighted by atomic mass is 35.5. The molecule has 92 valence electrons. The second-order valence-electron chi connectivity index (χ2n) is 3.60. The third-order valence-corrected chi connectivity index (χ3v) is 2.60. The topological polar surface area (TPSA) is 64.9 Å². The van der Waals surface area contributed by atoms with Crippen molar-refractivity contribution >= 4 is 23.5 Å². The molecule has 0 aliphatic carbocycles. The molecule has 18 heavy (non-hydrogen) atoms. The van der Waals surface area contributed by atoms with Crippen LogP contribution in [0, 0.1) is 0 Å². The summed E-state index contributed by atoms with van der Waals surface area (Å²) in [6.07, 6.45) is 1.52. The standard InChI is InChI=1S/C13H11ClN2O2/c14-10-3-1-2-4-11(10)16-15-8-9-5-6-12(17)13(18)7-9/h1-8,16-18H/b15-8+. The van der Waals surface area contributed by atoms with Crippen LogP contribution >= 0.6 is 11.6 Å². The number of aromatic hydroxyl groups is 2. The molecule has 3 N–H and O–H groups in total. The monoisotopic (exact) mass is 262 g/mol. The van der Waals surface area contributed by atoms with Crippen LogP contribution < -0.4 is 5.43 Å². The summed E-state index contributed by atoms with van der Waals surface area (Å²) in [5.74, 6) is -0.345. The van der Waals surface area contributed by atoms with Crippen molar-refractivity contribution in [3.63, 3.8) is 0 Å². The van der Waals surface area contributed by atoms with Crippen molar-refractivity contribution in [2.45, 2.75) is 0 Å². The number of para-hydroxylation sites is 1. The lowest BCUT2D eigenvalue weighted by atomic mass is 10.2. The highest BCUT2D eigenvalue weighted by Crippen LogP contribution is 2.24.